The number of hydrogen-bond acceptors (Lipinski definition) is 0. The quantitative estimate of drug-likeness (QED) is 0.593. The third kappa shape index (κ3) is 2.26. The second-order valence-corrected chi connectivity index (χ2v) is 5.17. The fourth-order valence-electron chi connectivity index (χ4n) is 2.70. The Kier molecular flexibility index (Phi) is 3.08. The van der Waals surface area contributed by atoms with Crippen molar-refractivity contribution in [2.75, 3.05) is 0 Å². The van der Waals surface area contributed by atoms with Crippen molar-refractivity contribution < 1.29 is 0 Å². The molecule has 0 atom stereocenters. The number of hydrogen-bond donors (Lipinski definition) is 0. The highest BCUT2D eigenvalue weighted by molar-refractivity contribution is 5.87. The third-order valence-electron chi connectivity index (χ3n) is 3.98. The SMILES string of the molecule is Cc1c(Cc2ccccc2)cc2ccccc2c1C. The van der Waals surface area contributed by atoms with E-state index >= 15 is 0 Å². The van der Waals surface area contributed by atoms with Crippen LogP contribution in [0.1, 0.15) is 22.3 Å². The topological polar surface area (TPSA) is 0 Å². The molecule has 0 radical (unpaired) electrons. The molecule has 0 heterocycles. The van der Waals surface area contributed by atoms with Crippen LogP contribution in [0.2, 0.25) is 0 Å². The van der Waals surface area contributed by atoms with Gasteiger partial charge >= 0.3 is 0 Å². The largest absolute Gasteiger partial charge is 0.0622 e. The van der Waals surface area contributed by atoms with Gasteiger partial charge < -0.3 is 0 Å². The molecule has 0 saturated carbocycles. The van der Waals surface area contributed by atoms with Crippen molar-refractivity contribution in [3.8, 4) is 0 Å². The molecule has 0 heteroatoms. The zero-order valence-electron chi connectivity index (χ0n) is 11.5. The van der Waals surface area contributed by atoms with Crippen LogP contribution in [0.5, 0.6) is 0 Å². The summed E-state index contributed by atoms with van der Waals surface area (Å²) in [6.45, 7) is 4.46. The van der Waals surface area contributed by atoms with E-state index in [1.165, 1.54) is 33.0 Å². The molecule has 0 aliphatic rings. The molecule has 0 aliphatic heterocycles. The molecule has 0 nitrogen and oxygen atoms in total. The van der Waals surface area contributed by atoms with Crippen molar-refractivity contribution in [1.29, 1.82) is 0 Å². The van der Waals surface area contributed by atoms with Gasteiger partial charge in [-0.1, -0.05) is 60.7 Å². The summed E-state index contributed by atoms with van der Waals surface area (Å²) in [4.78, 5) is 0. The van der Waals surface area contributed by atoms with Gasteiger partial charge in [-0.05, 0) is 53.3 Å². The van der Waals surface area contributed by atoms with Crippen LogP contribution in [0.4, 0.5) is 0 Å². The van der Waals surface area contributed by atoms with Crippen molar-refractivity contribution in [3.05, 3.63) is 82.9 Å². The molecule has 0 N–H and O–H groups in total. The molecule has 0 unspecified atom stereocenters. The number of benzene rings is 3. The van der Waals surface area contributed by atoms with Gasteiger partial charge in [-0.15, -0.1) is 0 Å². The molecule has 0 aliphatic carbocycles. The van der Waals surface area contributed by atoms with Gasteiger partial charge in [0.1, 0.15) is 0 Å². The zero-order valence-corrected chi connectivity index (χ0v) is 11.5. The Morgan fingerprint density at radius 3 is 2.21 bits per heavy atom. The Bertz CT molecular complexity index is 709. The van der Waals surface area contributed by atoms with Crippen LogP contribution in [0, 0.1) is 13.8 Å². The lowest BCUT2D eigenvalue weighted by Crippen LogP contribution is -1.95. The van der Waals surface area contributed by atoms with Crippen molar-refractivity contribution in [2.45, 2.75) is 20.3 Å². The van der Waals surface area contributed by atoms with Crippen molar-refractivity contribution in [3.63, 3.8) is 0 Å². The van der Waals surface area contributed by atoms with E-state index in [1.54, 1.807) is 0 Å². The minimum absolute atomic E-state index is 1.01. The normalized spacial score (nSPS) is 10.8. The van der Waals surface area contributed by atoms with E-state index in [0.29, 0.717) is 0 Å². The Labute approximate surface area is 114 Å². The minimum Gasteiger partial charge on any atom is -0.0622 e. The van der Waals surface area contributed by atoms with Gasteiger partial charge in [0.25, 0.3) is 0 Å². The molecule has 3 aromatic carbocycles. The third-order valence-corrected chi connectivity index (χ3v) is 3.98. The van der Waals surface area contributed by atoms with Gasteiger partial charge in [0.2, 0.25) is 0 Å². The standard InChI is InChI=1S/C19H18/c1-14-15(2)19-11-7-6-10-17(19)13-18(14)12-16-8-4-3-5-9-16/h3-11,13H,12H2,1-2H3. The highest BCUT2D eigenvalue weighted by Crippen LogP contribution is 2.26. The highest BCUT2D eigenvalue weighted by atomic mass is 14.1. The van der Waals surface area contributed by atoms with Gasteiger partial charge in [-0.25, -0.2) is 0 Å². The monoisotopic (exact) mass is 246 g/mol. The summed E-state index contributed by atoms with van der Waals surface area (Å²) in [5.74, 6) is 0. The van der Waals surface area contributed by atoms with Gasteiger partial charge in [-0.3, -0.25) is 0 Å². The lowest BCUT2D eigenvalue weighted by atomic mass is 9.92. The summed E-state index contributed by atoms with van der Waals surface area (Å²) >= 11 is 0. The molecule has 94 valence electrons. The van der Waals surface area contributed by atoms with Crippen LogP contribution < -0.4 is 0 Å². The predicted molar refractivity (Wildman–Crippen MR) is 82.7 cm³/mol. The zero-order chi connectivity index (χ0) is 13.2. The van der Waals surface area contributed by atoms with E-state index in [-0.39, 0.29) is 0 Å². The van der Waals surface area contributed by atoms with E-state index in [1.807, 2.05) is 0 Å². The van der Waals surface area contributed by atoms with Crippen LogP contribution in [-0.2, 0) is 6.42 Å². The van der Waals surface area contributed by atoms with Gasteiger partial charge in [0.05, 0.1) is 0 Å². The average Bonchev–Trinajstić information content (AvgIpc) is 2.46. The smallest absolute Gasteiger partial charge is 0.00228 e. The molecule has 19 heavy (non-hydrogen) atoms. The fraction of sp³-hybridized carbons (Fsp3) is 0.158. The second-order valence-electron chi connectivity index (χ2n) is 5.17. The molecular formula is C19H18. The molecule has 0 fully saturated rings. The van der Waals surface area contributed by atoms with Crippen LogP contribution in [0.25, 0.3) is 10.8 Å². The minimum atomic E-state index is 1.01. The van der Waals surface area contributed by atoms with E-state index in [9.17, 15) is 0 Å². The number of rotatable bonds is 2. The Morgan fingerprint density at radius 2 is 1.42 bits per heavy atom. The number of fused-ring (bicyclic) bond motifs is 1. The first-order valence-electron chi connectivity index (χ1n) is 6.77. The second kappa shape index (κ2) is 4.89. The maximum absolute atomic E-state index is 2.34. The van der Waals surface area contributed by atoms with Crippen molar-refractivity contribution in [1.82, 2.24) is 0 Å². The average molecular weight is 246 g/mol. The molecule has 3 rings (SSSR count). The summed E-state index contributed by atoms with van der Waals surface area (Å²) in [7, 11) is 0. The van der Waals surface area contributed by atoms with Gasteiger partial charge in [-0.2, -0.15) is 0 Å². The maximum atomic E-state index is 2.34. The van der Waals surface area contributed by atoms with Crippen molar-refractivity contribution in [2.24, 2.45) is 0 Å². The number of aryl methyl sites for hydroxylation is 1. The molecule has 0 bridgehead atoms. The van der Waals surface area contributed by atoms with E-state index in [2.05, 4.69) is 74.5 Å². The van der Waals surface area contributed by atoms with E-state index in [0.717, 1.165) is 6.42 Å². The van der Waals surface area contributed by atoms with E-state index < -0.39 is 0 Å². The fourth-order valence-corrected chi connectivity index (χ4v) is 2.70. The summed E-state index contributed by atoms with van der Waals surface area (Å²) < 4.78 is 0. The Morgan fingerprint density at radius 1 is 0.737 bits per heavy atom. The first-order chi connectivity index (χ1) is 9.25. The molecule has 0 aromatic heterocycles. The summed E-state index contributed by atoms with van der Waals surface area (Å²) in [6, 6.07) is 21.7. The summed E-state index contributed by atoms with van der Waals surface area (Å²) in [5, 5.41) is 2.72. The Hall–Kier alpha value is -2.08. The molecule has 0 amide bonds. The maximum Gasteiger partial charge on any atom is -0.00228 e. The predicted octanol–water partition coefficient (Wildman–Crippen LogP) is 5.05. The van der Waals surface area contributed by atoms with Crippen LogP contribution in [0.3, 0.4) is 0 Å². The van der Waals surface area contributed by atoms with Crippen LogP contribution >= 0.6 is 0 Å². The first-order valence-corrected chi connectivity index (χ1v) is 6.77. The molecule has 3 aromatic rings. The van der Waals surface area contributed by atoms with Gasteiger partial charge in [0, 0.05) is 0 Å². The molecular weight excluding hydrogens is 228 g/mol. The van der Waals surface area contributed by atoms with Crippen LogP contribution in [-0.4, -0.2) is 0 Å². The van der Waals surface area contributed by atoms with Crippen LogP contribution in [0.15, 0.2) is 60.7 Å². The summed E-state index contributed by atoms with van der Waals surface area (Å²) in [6.07, 6.45) is 1.01. The lowest BCUT2D eigenvalue weighted by molar-refractivity contribution is 1.15. The molecule has 0 saturated heterocycles. The van der Waals surface area contributed by atoms with Crippen molar-refractivity contribution >= 4 is 10.8 Å². The first kappa shape index (κ1) is 12.0. The van der Waals surface area contributed by atoms with E-state index in [4.69, 9.17) is 0 Å². The summed E-state index contributed by atoms with van der Waals surface area (Å²) in [5.41, 5.74) is 5.63. The molecule has 0 spiro atoms. The lowest BCUT2D eigenvalue weighted by Gasteiger charge is -2.12. The Balaban J connectivity index is 2.11. The highest BCUT2D eigenvalue weighted by Gasteiger charge is 2.07. The van der Waals surface area contributed by atoms with Gasteiger partial charge in [0.15, 0.2) is 0 Å².